The third-order valence-electron chi connectivity index (χ3n) is 4.36. The molecule has 1 amide bonds. The molecule has 118 valence electrons. The van der Waals surface area contributed by atoms with Gasteiger partial charge in [0, 0.05) is 40.3 Å². The Bertz CT molecular complexity index is 658. The van der Waals surface area contributed by atoms with Gasteiger partial charge in [0.25, 0.3) is 0 Å². The first-order valence-corrected chi connectivity index (χ1v) is 7.73. The van der Waals surface area contributed by atoms with Crippen LogP contribution in [-0.2, 0) is 18.4 Å². The number of hydrogen-bond donors (Lipinski definition) is 1. The first-order chi connectivity index (χ1) is 10.7. The van der Waals surface area contributed by atoms with Crippen molar-refractivity contribution in [1.29, 1.82) is 0 Å². The molecule has 2 heterocycles. The molecule has 0 atom stereocenters. The van der Waals surface area contributed by atoms with Gasteiger partial charge in [-0.25, -0.2) is 4.98 Å². The number of para-hydroxylation sites is 2. The number of benzene rings is 1. The molecule has 0 unspecified atom stereocenters. The minimum Gasteiger partial charge on any atom is -0.358 e. The van der Waals surface area contributed by atoms with Crippen molar-refractivity contribution in [3.63, 3.8) is 0 Å². The van der Waals surface area contributed by atoms with Crippen molar-refractivity contribution in [2.45, 2.75) is 6.54 Å². The lowest BCUT2D eigenvalue weighted by molar-refractivity contribution is -0.122. The predicted octanol–water partition coefficient (Wildman–Crippen LogP) is 0.437. The molecule has 2 aromatic rings. The van der Waals surface area contributed by atoms with Crippen molar-refractivity contribution >= 4 is 16.9 Å². The van der Waals surface area contributed by atoms with Gasteiger partial charge >= 0.3 is 0 Å². The van der Waals surface area contributed by atoms with Crippen molar-refractivity contribution in [2.75, 3.05) is 39.8 Å². The summed E-state index contributed by atoms with van der Waals surface area (Å²) in [5.41, 5.74) is 2.23. The second-order valence-electron chi connectivity index (χ2n) is 5.80. The van der Waals surface area contributed by atoms with Gasteiger partial charge in [-0.3, -0.25) is 14.6 Å². The third kappa shape index (κ3) is 3.13. The molecule has 3 rings (SSSR count). The van der Waals surface area contributed by atoms with Crippen molar-refractivity contribution in [3.05, 3.63) is 30.1 Å². The summed E-state index contributed by atoms with van der Waals surface area (Å²) in [7, 11) is 3.76. The number of aromatic nitrogens is 2. The molecule has 0 aliphatic carbocycles. The maximum absolute atomic E-state index is 11.4. The van der Waals surface area contributed by atoms with Crippen LogP contribution in [0.4, 0.5) is 0 Å². The molecule has 6 nitrogen and oxygen atoms in total. The van der Waals surface area contributed by atoms with Gasteiger partial charge in [-0.2, -0.15) is 0 Å². The van der Waals surface area contributed by atoms with E-state index in [4.69, 9.17) is 4.98 Å². The molecule has 0 spiro atoms. The Morgan fingerprint density at radius 1 is 1.18 bits per heavy atom. The Labute approximate surface area is 130 Å². The van der Waals surface area contributed by atoms with Gasteiger partial charge in [-0.15, -0.1) is 0 Å². The highest BCUT2D eigenvalue weighted by Crippen LogP contribution is 2.16. The number of fused-ring (bicyclic) bond motifs is 1. The van der Waals surface area contributed by atoms with E-state index in [1.165, 1.54) is 5.52 Å². The molecule has 22 heavy (non-hydrogen) atoms. The molecule has 1 fully saturated rings. The van der Waals surface area contributed by atoms with Crippen LogP contribution in [-0.4, -0.2) is 65.0 Å². The molecule has 6 heteroatoms. The summed E-state index contributed by atoms with van der Waals surface area (Å²) >= 11 is 0. The van der Waals surface area contributed by atoms with E-state index in [2.05, 4.69) is 38.9 Å². The number of nitrogens with one attached hydrogen (secondary N) is 1. The lowest BCUT2D eigenvalue weighted by Crippen LogP contribution is -2.48. The van der Waals surface area contributed by atoms with E-state index in [-0.39, 0.29) is 5.91 Å². The summed E-state index contributed by atoms with van der Waals surface area (Å²) in [5.74, 6) is 1.18. The molecular formula is C16H23N5O. The zero-order valence-electron chi connectivity index (χ0n) is 13.2. The number of hydrogen-bond acceptors (Lipinski definition) is 4. The Hall–Kier alpha value is -1.92. The van der Waals surface area contributed by atoms with Crippen molar-refractivity contribution in [1.82, 2.24) is 24.7 Å². The molecule has 0 bridgehead atoms. The molecule has 1 N–H and O–H groups in total. The Morgan fingerprint density at radius 3 is 2.55 bits per heavy atom. The van der Waals surface area contributed by atoms with Crippen molar-refractivity contribution in [3.8, 4) is 0 Å². The van der Waals surface area contributed by atoms with Gasteiger partial charge in [-0.1, -0.05) is 12.1 Å². The summed E-state index contributed by atoms with van der Waals surface area (Å²) in [6.07, 6.45) is 0. The highest BCUT2D eigenvalue weighted by molar-refractivity contribution is 5.77. The topological polar surface area (TPSA) is 53.4 Å². The second kappa shape index (κ2) is 6.46. The van der Waals surface area contributed by atoms with Crippen LogP contribution in [0.2, 0.25) is 0 Å². The summed E-state index contributed by atoms with van der Waals surface area (Å²) in [4.78, 5) is 20.8. The molecular weight excluding hydrogens is 278 g/mol. The highest BCUT2D eigenvalue weighted by Gasteiger charge is 2.20. The monoisotopic (exact) mass is 301 g/mol. The number of aryl methyl sites for hydroxylation is 1. The number of imidazole rings is 1. The lowest BCUT2D eigenvalue weighted by Gasteiger charge is -2.33. The van der Waals surface area contributed by atoms with Gasteiger partial charge in [0.15, 0.2) is 0 Å². The molecule has 0 saturated carbocycles. The minimum atomic E-state index is 0.0869. The number of rotatable bonds is 4. The van der Waals surface area contributed by atoms with Crippen LogP contribution >= 0.6 is 0 Å². The lowest BCUT2D eigenvalue weighted by atomic mass is 10.3. The van der Waals surface area contributed by atoms with Gasteiger partial charge in [0.2, 0.25) is 5.91 Å². The van der Waals surface area contributed by atoms with Crippen LogP contribution in [0.1, 0.15) is 5.82 Å². The summed E-state index contributed by atoms with van der Waals surface area (Å²) < 4.78 is 2.17. The fraction of sp³-hybridized carbons (Fsp3) is 0.500. The maximum Gasteiger partial charge on any atom is 0.233 e. The van der Waals surface area contributed by atoms with Crippen LogP contribution in [0.15, 0.2) is 24.3 Å². The van der Waals surface area contributed by atoms with Gasteiger partial charge in [0.05, 0.1) is 24.1 Å². The van der Waals surface area contributed by atoms with Gasteiger partial charge in [0.1, 0.15) is 5.82 Å². The van der Waals surface area contributed by atoms with Crippen LogP contribution in [0.5, 0.6) is 0 Å². The predicted molar refractivity (Wildman–Crippen MR) is 86.5 cm³/mol. The quantitative estimate of drug-likeness (QED) is 0.890. The van der Waals surface area contributed by atoms with Crippen molar-refractivity contribution in [2.24, 2.45) is 7.05 Å². The first kappa shape index (κ1) is 15.0. The SMILES string of the molecule is CNC(=O)CN1CCN(Cc2nc3ccccc3n2C)CC1. The smallest absolute Gasteiger partial charge is 0.233 e. The van der Waals surface area contributed by atoms with E-state index in [1.54, 1.807) is 7.05 Å². The average molecular weight is 301 g/mol. The van der Waals surface area contributed by atoms with E-state index in [0.717, 1.165) is 44.1 Å². The fourth-order valence-electron chi connectivity index (χ4n) is 2.92. The van der Waals surface area contributed by atoms with E-state index in [1.807, 2.05) is 12.1 Å². The molecule has 1 aliphatic heterocycles. The Morgan fingerprint density at radius 2 is 1.86 bits per heavy atom. The molecule has 1 aromatic heterocycles. The fourth-order valence-corrected chi connectivity index (χ4v) is 2.92. The normalized spacial score (nSPS) is 17.0. The van der Waals surface area contributed by atoms with Crippen LogP contribution in [0.25, 0.3) is 11.0 Å². The molecule has 0 radical (unpaired) electrons. The van der Waals surface area contributed by atoms with Crippen molar-refractivity contribution < 1.29 is 4.79 Å². The number of carbonyl (C=O) groups is 1. The van der Waals surface area contributed by atoms with E-state index >= 15 is 0 Å². The Balaban J connectivity index is 1.60. The zero-order valence-corrected chi connectivity index (χ0v) is 13.2. The number of piperazine rings is 1. The molecule has 1 saturated heterocycles. The molecule has 1 aromatic carbocycles. The number of nitrogens with zero attached hydrogens (tertiary/aromatic N) is 4. The number of amides is 1. The van der Waals surface area contributed by atoms with Crippen LogP contribution < -0.4 is 5.32 Å². The zero-order chi connectivity index (χ0) is 15.5. The second-order valence-corrected chi connectivity index (χ2v) is 5.80. The van der Waals surface area contributed by atoms with Crippen LogP contribution in [0.3, 0.4) is 0 Å². The largest absolute Gasteiger partial charge is 0.358 e. The van der Waals surface area contributed by atoms with E-state index in [9.17, 15) is 4.79 Å². The Kier molecular flexibility index (Phi) is 4.40. The molecule has 1 aliphatic rings. The van der Waals surface area contributed by atoms with Crippen LogP contribution in [0, 0.1) is 0 Å². The van der Waals surface area contributed by atoms with Gasteiger partial charge < -0.3 is 9.88 Å². The average Bonchev–Trinajstić information content (AvgIpc) is 2.86. The standard InChI is InChI=1S/C16H23N5O/c1-17-16(22)12-21-9-7-20(8-10-21)11-15-18-13-5-3-4-6-14(13)19(15)2/h3-6H,7-12H2,1-2H3,(H,17,22). The summed E-state index contributed by atoms with van der Waals surface area (Å²) in [6, 6.07) is 8.23. The maximum atomic E-state index is 11.4. The van der Waals surface area contributed by atoms with E-state index < -0.39 is 0 Å². The number of likely N-dealkylation sites (N-methyl/N-ethyl adjacent to an activating group) is 1. The third-order valence-corrected chi connectivity index (χ3v) is 4.36. The van der Waals surface area contributed by atoms with Gasteiger partial charge in [-0.05, 0) is 12.1 Å². The minimum absolute atomic E-state index is 0.0869. The summed E-state index contributed by atoms with van der Waals surface area (Å²) in [6.45, 7) is 5.16. The number of carbonyl (C=O) groups excluding carboxylic acids is 1. The highest BCUT2D eigenvalue weighted by atomic mass is 16.1. The summed E-state index contributed by atoms with van der Waals surface area (Å²) in [5, 5.41) is 2.68. The van der Waals surface area contributed by atoms with E-state index in [0.29, 0.717) is 6.54 Å². The first-order valence-electron chi connectivity index (χ1n) is 7.73.